The van der Waals surface area contributed by atoms with Crippen LogP contribution in [0.5, 0.6) is 0 Å². The Kier molecular flexibility index (Phi) is 4.11. The highest BCUT2D eigenvalue weighted by Crippen LogP contribution is 2.21. The molecule has 0 bridgehead atoms. The fraction of sp³-hybridized carbons (Fsp3) is 1.00. The van der Waals surface area contributed by atoms with Gasteiger partial charge in [0.1, 0.15) is 0 Å². The van der Waals surface area contributed by atoms with Crippen molar-refractivity contribution >= 4 is 10.1 Å². The van der Waals surface area contributed by atoms with Crippen LogP contribution in [-0.2, 0) is 10.1 Å². The zero-order valence-corrected chi connectivity index (χ0v) is 10.7. The average molecular weight is 297 g/mol. The van der Waals surface area contributed by atoms with Crippen LogP contribution in [0.25, 0.3) is 0 Å². The van der Waals surface area contributed by atoms with E-state index in [0.29, 0.717) is 12.8 Å². The summed E-state index contributed by atoms with van der Waals surface area (Å²) < 4.78 is 73.5. The van der Waals surface area contributed by atoms with E-state index in [1.807, 2.05) is 0 Å². The number of hydrogen-bond acceptors (Lipinski definition) is 5. The summed E-state index contributed by atoms with van der Waals surface area (Å²) in [5.74, 6) is -0.965. The minimum Gasteiger partial charge on any atom is -0.741 e. The summed E-state index contributed by atoms with van der Waals surface area (Å²) in [4.78, 5) is 0. The van der Waals surface area contributed by atoms with E-state index in [-0.39, 0.29) is 0 Å². The molecule has 0 aromatic rings. The van der Waals surface area contributed by atoms with Crippen molar-refractivity contribution in [3.05, 3.63) is 0 Å². The van der Waals surface area contributed by atoms with Crippen LogP contribution in [0.3, 0.4) is 0 Å². The molecule has 0 atom stereocenters. The maximum atomic E-state index is 10.7. The molecule has 110 valence electrons. The highest BCUT2D eigenvalue weighted by molar-refractivity contribution is 7.86. The van der Waals surface area contributed by atoms with E-state index < -0.39 is 21.4 Å². The number of piperidine rings is 1. The molecule has 1 aliphatic rings. The minimum absolute atomic E-state index is 0.618. The number of halogens is 3. The summed E-state index contributed by atoms with van der Waals surface area (Å²) in [5.41, 5.74) is -5.65. The summed E-state index contributed by atoms with van der Waals surface area (Å²) in [7, 11) is -1.84. The van der Waals surface area contributed by atoms with Gasteiger partial charge in [-0.1, -0.05) is 0 Å². The van der Waals surface area contributed by atoms with E-state index in [1.54, 1.807) is 0 Å². The Morgan fingerprint density at radius 3 is 1.83 bits per heavy atom. The molecular formula is C8H16F3NO5S. The van der Waals surface area contributed by atoms with Crippen LogP contribution in [-0.4, -0.2) is 69.0 Å². The van der Waals surface area contributed by atoms with Crippen molar-refractivity contribution in [2.24, 2.45) is 0 Å². The topological polar surface area (TPSA) is 97.7 Å². The van der Waals surface area contributed by atoms with Crippen molar-refractivity contribution < 1.29 is 40.8 Å². The first kappa shape index (κ1) is 14.0. The molecule has 1 fully saturated rings. The predicted molar refractivity (Wildman–Crippen MR) is 54.0 cm³/mol. The second-order valence-corrected chi connectivity index (χ2v) is 6.06. The van der Waals surface area contributed by atoms with Gasteiger partial charge in [-0.2, -0.15) is 13.2 Å². The molecule has 1 aliphatic heterocycles. The van der Waals surface area contributed by atoms with Crippen LogP contribution in [0, 0.1) is 0 Å². The van der Waals surface area contributed by atoms with Gasteiger partial charge in [-0.15, -0.1) is 0 Å². The normalized spacial score (nSPS) is 24.3. The Labute approximate surface area is 106 Å². The number of alkyl halides is 3. The second kappa shape index (κ2) is 5.29. The van der Waals surface area contributed by atoms with Gasteiger partial charge in [-0.25, -0.2) is 8.42 Å². The molecule has 1 saturated heterocycles. The molecule has 0 aromatic heterocycles. The lowest BCUT2D eigenvalue weighted by atomic mass is 10.0. The molecule has 10 heteroatoms. The number of aliphatic hydroxyl groups is 2. The molecule has 0 unspecified atom stereocenters. The molecule has 0 amide bonds. The van der Waals surface area contributed by atoms with Crippen LogP contribution in [0.1, 0.15) is 12.8 Å². The molecule has 0 aliphatic carbocycles. The lowest BCUT2D eigenvalue weighted by molar-refractivity contribution is -0.899. The maximum Gasteiger partial charge on any atom is 0.485 e. The Balaban J connectivity index is 0.000000396. The quantitative estimate of drug-likeness (QED) is 0.312. The van der Waals surface area contributed by atoms with Crippen LogP contribution < -0.4 is 0 Å². The highest BCUT2D eigenvalue weighted by Gasteiger charge is 2.37. The molecule has 0 radical (unpaired) electrons. The van der Waals surface area contributed by atoms with Crippen molar-refractivity contribution in [3.63, 3.8) is 0 Å². The van der Waals surface area contributed by atoms with Gasteiger partial charge in [0.15, 0.2) is 15.9 Å². The zero-order chi connectivity index (χ0) is 16.2. The Morgan fingerprint density at radius 2 is 1.61 bits per heavy atom. The van der Waals surface area contributed by atoms with Gasteiger partial charge in [-0.05, 0) is 0 Å². The van der Waals surface area contributed by atoms with E-state index in [9.17, 15) is 13.2 Å². The zero-order valence-electron chi connectivity index (χ0n) is 11.9. The summed E-state index contributed by atoms with van der Waals surface area (Å²) in [5, 5.41) is 8.90. The van der Waals surface area contributed by atoms with Crippen LogP contribution >= 0.6 is 0 Å². The molecule has 1 heterocycles. The van der Waals surface area contributed by atoms with Crippen molar-refractivity contribution in [1.29, 1.82) is 2.86 Å². The number of nitrogens with zero attached hydrogens (tertiary/aromatic N) is 1. The van der Waals surface area contributed by atoms with Crippen molar-refractivity contribution in [2.75, 3.05) is 27.2 Å². The lowest BCUT2D eigenvalue weighted by Crippen LogP contribution is -2.52. The fourth-order valence-electron chi connectivity index (χ4n) is 1.18. The third kappa shape index (κ3) is 6.50. The van der Waals surface area contributed by atoms with E-state index in [1.165, 1.54) is 0 Å². The molecule has 18 heavy (non-hydrogen) atoms. The average Bonchev–Trinajstić information content (AvgIpc) is 2.28. The SMILES string of the molecule is O=S(=O)([O-])C(F)(F)F.[2H]OC1(O[2H])CC[N+](C)(C)CC1. The molecule has 0 saturated carbocycles. The Bertz CT molecular complexity index is 399. The predicted octanol–water partition coefficient (Wildman–Crippen LogP) is -0.411. The van der Waals surface area contributed by atoms with Crippen molar-refractivity contribution in [1.82, 2.24) is 0 Å². The summed E-state index contributed by atoms with van der Waals surface area (Å²) in [6.07, 6.45) is 1.24. The monoisotopic (exact) mass is 297 g/mol. The third-order valence-electron chi connectivity index (χ3n) is 2.48. The first-order valence-electron chi connectivity index (χ1n) is 5.73. The van der Waals surface area contributed by atoms with Crippen molar-refractivity contribution in [2.45, 2.75) is 24.1 Å². The van der Waals surface area contributed by atoms with E-state index in [4.69, 9.17) is 15.8 Å². The van der Waals surface area contributed by atoms with Gasteiger partial charge >= 0.3 is 5.51 Å². The number of hydrogen-bond donors (Lipinski definition) is 2. The molecule has 0 spiro atoms. The highest BCUT2D eigenvalue weighted by atomic mass is 32.2. The van der Waals surface area contributed by atoms with Gasteiger partial charge in [0.05, 0.1) is 40.0 Å². The Hall–Kier alpha value is -0.420. The number of likely N-dealkylation sites (tertiary alicyclic amines) is 1. The summed E-state index contributed by atoms with van der Waals surface area (Å²) in [6.45, 7) is 1.77. The van der Waals surface area contributed by atoms with E-state index in [2.05, 4.69) is 24.3 Å². The van der Waals surface area contributed by atoms with Gasteiger partial charge in [0, 0.05) is 0 Å². The number of quaternary nitrogens is 1. The van der Waals surface area contributed by atoms with Crippen LogP contribution in [0.2, 0.25) is 0 Å². The first-order valence-corrected chi connectivity index (χ1v) is 6.32. The molecular weight excluding hydrogens is 279 g/mol. The van der Waals surface area contributed by atoms with Crippen LogP contribution in [0.4, 0.5) is 13.2 Å². The van der Waals surface area contributed by atoms with Gasteiger partial charge in [0.25, 0.3) is 0 Å². The molecule has 6 nitrogen and oxygen atoms in total. The van der Waals surface area contributed by atoms with E-state index in [0.717, 1.165) is 17.6 Å². The molecule has 2 N–H and O–H groups in total. The Morgan fingerprint density at radius 1 is 1.28 bits per heavy atom. The van der Waals surface area contributed by atoms with Gasteiger partial charge < -0.3 is 19.3 Å². The second-order valence-electron chi connectivity index (χ2n) is 4.69. The lowest BCUT2D eigenvalue weighted by Gasteiger charge is -2.38. The smallest absolute Gasteiger partial charge is 0.485 e. The van der Waals surface area contributed by atoms with E-state index >= 15 is 0 Å². The van der Waals surface area contributed by atoms with Gasteiger partial charge in [0.2, 0.25) is 2.86 Å². The molecule has 1 rings (SSSR count). The minimum atomic E-state index is -6.09. The van der Waals surface area contributed by atoms with Crippen LogP contribution in [0.15, 0.2) is 0 Å². The van der Waals surface area contributed by atoms with Gasteiger partial charge in [-0.3, -0.25) is 0 Å². The molecule has 0 aromatic carbocycles. The maximum absolute atomic E-state index is 10.7. The largest absolute Gasteiger partial charge is 0.741 e. The number of rotatable bonds is 2. The third-order valence-corrected chi connectivity index (χ3v) is 3.05. The fourth-order valence-corrected chi connectivity index (χ4v) is 1.18. The standard InChI is InChI=1S/C7H16NO2.CHF3O3S/c1-8(2)5-3-7(9,10)4-6-8;2-1(3,4)8(5,6)7/h9-10H,3-6H2,1-2H3;(H,5,6,7)/q+1;/p-1/i9D,10D;. The summed E-state index contributed by atoms with van der Waals surface area (Å²) >= 11 is 0. The first-order chi connectivity index (χ1) is 8.79. The summed E-state index contributed by atoms with van der Waals surface area (Å²) in [6, 6.07) is 0. The van der Waals surface area contributed by atoms with Crippen molar-refractivity contribution in [3.8, 4) is 0 Å².